The number of halogens is 1. The predicted molar refractivity (Wildman–Crippen MR) is 100 cm³/mol. The van der Waals surface area contributed by atoms with Gasteiger partial charge >= 0.3 is 0 Å². The van der Waals surface area contributed by atoms with Crippen LogP contribution in [-0.4, -0.2) is 45.0 Å². The highest BCUT2D eigenvalue weighted by Crippen LogP contribution is 2.22. The van der Waals surface area contributed by atoms with Gasteiger partial charge in [-0.1, -0.05) is 6.07 Å². The molecule has 27 heavy (non-hydrogen) atoms. The van der Waals surface area contributed by atoms with Gasteiger partial charge in [-0.3, -0.25) is 9.88 Å². The lowest BCUT2D eigenvalue weighted by Gasteiger charge is -2.31. The summed E-state index contributed by atoms with van der Waals surface area (Å²) in [7, 11) is -2.40. The van der Waals surface area contributed by atoms with Crippen LogP contribution in [0.25, 0.3) is 0 Å². The Kier molecular flexibility index (Phi) is 6.41. The summed E-state index contributed by atoms with van der Waals surface area (Å²) in [5, 5.41) is 0. The Morgan fingerprint density at radius 3 is 2.67 bits per heavy atom. The van der Waals surface area contributed by atoms with Crippen molar-refractivity contribution in [1.82, 2.24) is 14.6 Å². The van der Waals surface area contributed by atoms with Crippen LogP contribution in [0.3, 0.4) is 0 Å². The Morgan fingerprint density at radius 2 is 2.04 bits per heavy atom. The molecule has 6 nitrogen and oxygen atoms in total. The molecule has 0 unspecified atom stereocenters. The number of hydrogen-bond donors (Lipinski definition) is 1. The molecular formula is C19H24FN3O3S. The van der Waals surface area contributed by atoms with Crippen LogP contribution >= 0.6 is 0 Å². The first kappa shape index (κ1) is 19.7. The number of likely N-dealkylation sites (tertiary alicyclic amines) is 1. The highest BCUT2D eigenvalue weighted by atomic mass is 32.2. The fourth-order valence-corrected chi connectivity index (χ4v) is 4.32. The van der Waals surface area contributed by atoms with Crippen LogP contribution in [0.4, 0.5) is 4.39 Å². The van der Waals surface area contributed by atoms with E-state index in [1.165, 1.54) is 19.2 Å². The number of nitrogens with zero attached hydrogens (tertiary/aromatic N) is 2. The molecule has 0 spiro atoms. The molecule has 1 aromatic carbocycles. The molecule has 0 saturated carbocycles. The summed E-state index contributed by atoms with van der Waals surface area (Å²) in [6, 6.07) is 9.53. The number of rotatable bonds is 7. The Morgan fingerprint density at radius 1 is 1.26 bits per heavy atom. The normalized spacial score (nSPS) is 16.4. The van der Waals surface area contributed by atoms with Crippen molar-refractivity contribution in [3.8, 4) is 5.75 Å². The Bertz CT molecular complexity index is 854. The van der Waals surface area contributed by atoms with E-state index in [2.05, 4.69) is 14.6 Å². The monoisotopic (exact) mass is 393 g/mol. The molecule has 3 rings (SSSR count). The highest BCUT2D eigenvalue weighted by Gasteiger charge is 2.23. The lowest BCUT2D eigenvalue weighted by atomic mass is 9.97. The number of methoxy groups -OCH3 is 1. The predicted octanol–water partition coefficient (Wildman–Crippen LogP) is 2.42. The van der Waals surface area contributed by atoms with Crippen molar-refractivity contribution < 1.29 is 17.5 Å². The number of piperidine rings is 1. The van der Waals surface area contributed by atoms with Crippen molar-refractivity contribution in [1.29, 1.82) is 0 Å². The van der Waals surface area contributed by atoms with Gasteiger partial charge in [-0.05, 0) is 62.2 Å². The SMILES string of the molecule is COc1ccc(S(=O)(=O)NCC2CCN(Cc3ccccn3)CC2)cc1F. The van der Waals surface area contributed by atoms with Gasteiger partial charge in [0.15, 0.2) is 11.6 Å². The minimum absolute atomic E-state index is 0.0224. The topological polar surface area (TPSA) is 71.5 Å². The molecule has 1 aliphatic rings. The minimum Gasteiger partial charge on any atom is -0.494 e. The van der Waals surface area contributed by atoms with E-state index in [1.54, 1.807) is 6.20 Å². The van der Waals surface area contributed by atoms with Crippen LogP contribution < -0.4 is 9.46 Å². The Hall–Kier alpha value is -2.03. The molecule has 2 aromatic rings. The second kappa shape index (κ2) is 8.77. The lowest BCUT2D eigenvalue weighted by molar-refractivity contribution is 0.177. The largest absolute Gasteiger partial charge is 0.494 e. The van der Waals surface area contributed by atoms with E-state index >= 15 is 0 Å². The first-order valence-corrected chi connectivity index (χ1v) is 10.4. The summed E-state index contributed by atoms with van der Waals surface area (Å²) in [6.45, 7) is 2.97. The number of nitrogens with one attached hydrogen (secondary N) is 1. The molecule has 2 heterocycles. The van der Waals surface area contributed by atoms with Crippen LogP contribution in [0.1, 0.15) is 18.5 Å². The second-order valence-electron chi connectivity index (χ2n) is 6.69. The fraction of sp³-hybridized carbons (Fsp3) is 0.421. The third-order valence-corrected chi connectivity index (χ3v) is 6.24. The van der Waals surface area contributed by atoms with E-state index in [4.69, 9.17) is 4.74 Å². The highest BCUT2D eigenvalue weighted by molar-refractivity contribution is 7.89. The first-order valence-electron chi connectivity index (χ1n) is 8.93. The average Bonchev–Trinajstić information content (AvgIpc) is 2.68. The maximum atomic E-state index is 13.8. The smallest absolute Gasteiger partial charge is 0.240 e. The average molecular weight is 393 g/mol. The molecule has 1 aliphatic heterocycles. The van der Waals surface area contributed by atoms with Gasteiger partial charge in [0.1, 0.15) is 0 Å². The molecule has 0 atom stereocenters. The molecule has 0 radical (unpaired) electrons. The molecule has 1 fully saturated rings. The Balaban J connectivity index is 1.50. The zero-order chi connectivity index (χ0) is 19.3. The molecule has 8 heteroatoms. The van der Waals surface area contributed by atoms with Crippen LogP contribution in [0, 0.1) is 11.7 Å². The van der Waals surface area contributed by atoms with E-state index in [0.29, 0.717) is 6.54 Å². The second-order valence-corrected chi connectivity index (χ2v) is 8.46. The number of ether oxygens (including phenoxy) is 1. The van der Waals surface area contributed by atoms with Gasteiger partial charge in [0, 0.05) is 19.3 Å². The summed E-state index contributed by atoms with van der Waals surface area (Å²) in [6.07, 6.45) is 3.61. The number of hydrogen-bond acceptors (Lipinski definition) is 5. The van der Waals surface area contributed by atoms with Gasteiger partial charge < -0.3 is 4.74 Å². The summed E-state index contributed by atoms with van der Waals surface area (Å²) in [5.41, 5.74) is 1.04. The van der Waals surface area contributed by atoms with Crippen molar-refractivity contribution in [3.63, 3.8) is 0 Å². The number of benzene rings is 1. The number of pyridine rings is 1. The molecule has 1 N–H and O–H groups in total. The van der Waals surface area contributed by atoms with Gasteiger partial charge in [-0.25, -0.2) is 17.5 Å². The van der Waals surface area contributed by atoms with Gasteiger partial charge in [0.2, 0.25) is 10.0 Å². The Labute approximate surface area is 159 Å². The summed E-state index contributed by atoms with van der Waals surface area (Å²) >= 11 is 0. The standard InChI is InChI=1S/C19H24FN3O3S/c1-26-19-6-5-17(12-18(19)20)27(24,25)22-13-15-7-10-23(11-8-15)14-16-4-2-3-9-21-16/h2-6,9,12,15,22H,7-8,10-11,13-14H2,1H3. The van der Waals surface area contributed by atoms with Crippen molar-refractivity contribution in [3.05, 3.63) is 54.1 Å². The van der Waals surface area contributed by atoms with Crippen LogP contribution in [0.2, 0.25) is 0 Å². The molecular weight excluding hydrogens is 369 g/mol. The summed E-state index contributed by atoms with van der Waals surface area (Å²) < 4.78 is 46.0. The fourth-order valence-electron chi connectivity index (χ4n) is 3.19. The third kappa shape index (κ3) is 5.24. The molecule has 0 aliphatic carbocycles. The number of aromatic nitrogens is 1. The van der Waals surface area contributed by atoms with E-state index in [-0.39, 0.29) is 16.6 Å². The minimum atomic E-state index is -3.74. The van der Waals surface area contributed by atoms with Gasteiger partial charge in [0.05, 0.1) is 17.7 Å². The first-order chi connectivity index (χ1) is 13.0. The maximum Gasteiger partial charge on any atom is 0.240 e. The van der Waals surface area contributed by atoms with Gasteiger partial charge in [-0.15, -0.1) is 0 Å². The summed E-state index contributed by atoms with van der Waals surface area (Å²) in [4.78, 5) is 6.58. The number of sulfonamides is 1. The van der Waals surface area contributed by atoms with Gasteiger partial charge in [-0.2, -0.15) is 0 Å². The van der Waals surface area contributed by atoms with Crippen molar-refractivity contribution in [2.45, 2.75) is 24.3 Å². The zero-order valence-electron chi connectivity index (χ0n) is 15.3. The zero-order valence-corrected chi connectivity index (χ0v) is 16.1. The summed E-state index contributed by atoms with van der Waals surface area (Å²) in [5.74, 6) is -0.403. The third-order valence-electron chi connectivity index (χ3n) is 4.81. The van der Waals surface area contributed by atoms with Crippen molar-refractivity contribution in [2.75, 3.05) is 26.7 Å². The van der Waals surface area contributed by atoms with Crippen LogP contribution in [0.15, 0.2) is 47.5 Å². The van der Waals surface area contributed by atoms with E-state index < -0.39 is 15.8 Å². The van der Waals surface area contributed by atoms with Crippen molar-refractivity contribution >= 4 is 10.0 Å². The molecule has 0 bridgehead atoms. The quantitative estimate of drug-likeness (QED) is 0.782. The maximum absolute atomic E-state index is 13.8. The lowest BCUT2D eigenvalue weighted by Crippen LogP contribution is -2.38. The van der Waals surface area contributed by atoms with Crippen LogP contribution in [-0.2, 0) is 16.6 Å². The van der Waals surface area contributed by atoms with Gasteiger partial charge in [0.25, 0.3) is 0 Å². The molecule has 1 saturated heterocycles. The van der Waals surface area contributed by atoms with E-state index in [0.717, 1.165) is 44.2 Å². The molecule has 0 amide bonds. The van der Waals surface area contributed by atoms with Crippen molar-refractivity contribution in [2.24, 2.45) is 5.92 Å². The molecule has 146 valence electrons. The van der Waals surface area contributed by atoms with E-state index in [9.17, 15) is 12.8 Å². The van der Waals surface area contributed by atoms with E-state index in [1.807, 2.05) is 18.2 Å². The van der Waals surface area contributed by atoms with Crippen LogP contribution in [0.5, 0.6) is 5.75 Å². The molecule has 1 aromatic heterocycles.